The van der Waals surface area contributed by atoms with E-state index in [2.05, 4.69) is 28.5 Å². The first-order valence-electron chi connectivity index (χ1n) is 10.6. The number of thiazole rings is 1. The van der Waals surface area contributed by atoms with Crippen molar-refractivity contribution in [1.82, 2.24) is 15.2 Å². The lowest BCUT2D eigenvalue weighted by atomic mass is 9.89. The number of rotatable bonds is 3. The molecule has 2 fully saturated rings. The number of benzene rings is 1. The molecule has 2 saturated heterocycles. The Labute approximate surface area is 176 Å². The highest BCUT2D eigenvalue weighted by Crippen LogP contribution is 2.35. The van der Waals surface area contributed by atoms with E-state index in [1.54, 1.807) is 11.3 Å². The van der Waals surface area contributed by atoms with Crippen LogP contribution in [0.25, 0.3) is 10.2 Å². The molecule has 0 bridgehead atoms. The van der Waals surface area contributed by atoms with Crippen LogP contribution in [0.4, 0.5) is 4.79 Å². The Bertz CT molecular complexity index is 847. The SMILES string of the molecule is CC(C)(C)OC(=O)N1CCC(c2ccc3nc(OC4CCNCC4)sc3c2)CC1. The minimum Gasteiger partial charge on any atom is -0.467 e. The third kappa shape index (κ3) is 5.20. The van der Waals surface area contributed by atoms with Gasteiger partial charge in [-0.2, -0.15) is 0 Å². The minimum atomic E-state index is -0.445. The van der Waals surface area contributed by atoms with Crippen LogP contribution in [0.1, 0.15) is 57.9 Å². The van der Waals surface area contributed by atoms with Crippen molar-refractivity contribution in [3.8, 4) is 5.19 Å². The molecule has 0 aliphatic carbocycles. The number of hydrogen-bond acceptors (Lipinski definition) is 6. The molecule has 29 heavy (non-hydrogen) atoms. The van der Waals surface area contributed by atoms with Crippen LogP contribution in [0.3, 0.4) is 0 Å². The van der Waals surface area contributed by atoms with Gasteiger partial charge in [0.15, 0.2) is 0 Å². The molecule has 0 atom stereocenters. The van der Waals surface area contributed by atoms with Crippen molar-refractivity contribution in [1.29, 1.82) is 0 Å². The van der Waals surface area contributed by atoms with E-state index in [9.17, 15) is 4.79 Å². The second-order valence-corrected chi connectivity index (χ2v) is 10.0. The number of carbonyl (C=O) groups excluding carboxylic acids is 1. The Morgan fingerprint density at radius 2 is 1.90 bits per heavy atom. The average Bonchev–Trinajstić information content (AvgIpc) is 3.09. The summed E-state index contributed by atoms with van der Waals surface area (Å²) in [7, 11) is 0. The van der Waals surface area contributed by atoms with Gasteiger partial charge in [0.1, 0.15) is 11.7 Å². The highest BCUT2D eigenvalue weighted by molar-refractivity contribution is 7.20. The zero-order chi connectivity index (χ0) is 20.4. The van der Waals surface area contributed by atoms with Gasteiger partial charge in [0.05, 0.1) is 10.2 Å². The highest BCUT2D eigenvalue weighted by Gasteiger charge is 2.27. The number of hydrogen-bond donors (Lipinski definition) is 1. The van der Waals surface area contributed by atoms with E-state index in [-0.39, 0.29) is 12.2 Å². The Balaban J connectivity index is 1.38. The first kappa shape index (κ1) is 20.4. The normalized spacial score (nSPS) is 19.5. The minimum absolute atomic E-state index is 0.200. The molecule has 1 amide bonds. The van der Waals surface area contributed by atoms with Crippen molar-refractivity contribution in [2.45, 2.75) is 64.1 Å². The summed E-state index contributed by atoms with van der Waals surface area (Å²) >= 11 is 1.64. The molecule has 6 nitrogen and oxygen atoms in total. The van der Waals surface area contributed by atoms with Crippen molar-refractivity contribution in [2.24, 2.45) is 0 Å². The van der Waals surface area contributed by atoms with Crippen LogP contribution in [0.2, 0.25) is 0 Å². The molecule has 1 N–H and O–H groups in total. The Morgan fingerprint density at radius 3 is 2.59 bits per heavy atom. The molecular weight excluding hydrogens is 386 g/mol. The molecular formula is C22H31N3O3S. The maximum absolute atomic E-state index is 12.3. The van der Waals surface area contributed by atoms with Gasteiger partial charge >= 0.3 is 6.09 Å². The molecule has 1 aromatic heterocycles. The van der Waals surface area contributed by atoms with Gasteiger partial charge in [0.25, 0.3) is 5.19 Å². The van der Waals surface area contributed by atoms with Crippen molar-refractivity contribution < 1.29 is 14.3 Å². The summed E-state index contributed by atoms with van der Waals surface area (Å²) in [6, 6.07) is 6.55. The van der Waals surface area contributed by atoms with Crippen molar-refractivity contribution in [3.63, 3.8) is 0 Å². The molecule has 0 unspecified atom stereocenters. The maximum atomic E-state index is 12.3. The molecule has 7 heteroatoms. The zero-order valence-electron chi connectivity index (χ0n) is 17.6. The Hall–Kier alpha value is -1.86. The summed E-state index contributed by atoms with van der Waals surface area (Å²) in [5.74, 6) is 0.467. The van der Waals surface area contributed by atoms with Gasteiger partial charge in [0, 0.05) is 13.1 Å². The largest absolute Gasteiger partial charge is 0.467 e. The van der Waals surface area contributed by atoms with Crippen LogP contribution in [-0.4, -0.2) is 53.9 Å². The van der Waals surface area contributed by atoms with E-state index in [1.165, 1.54) is 10.3 Å². The third-order valence-electron chi connectivity index (χ3n) is 5.56. The van der Waals surface area contributed by atoms with Crippen LogP contribution in [0, 0.1) is 0 Å². The van der Waals surface area contributed by atoms with Crippen LogP contribution in [0.5, 0.6) is 5.19 Å². The number of carbonyl (C=O) groups is 1. The fourth-order valence-electron chi connectivity index (χ4n) is 4.00. The molecule has 0 radical (unpaired) electrons. The number of amides is 1. The van der Waals surface area contributed by atoms with Crippen molar-refractivity contribution >= 4 is 27.6 Å². The van der Waals surface area contributed by atoms with Gasteiger partial charge in [-0.25, -0.2) is 9.78 Å². The number of fused-ring (bicyclic) bond motifs is 1. The molecule has 2 aromatic rings. The van der Waals surface area contributed by atoms with E-state index in [1.807, 2.05) is 25.7 Å². The lowest BCUT2D eigenvalue weighted by Gasteiger charge is -2.33. The molecule has 2 aliphatic rings. The Kier molecular flexibility index (Phi) is 5.97. The standard InChI is InChI=1S/C22H31N3O3S/c1-22(2,3)28-21(26)25-12-8-15(9-13-25)16-4-5-18-19(14-16)29-20(24-18)27-17-6-10-23-11-7-17/h4-5,14-15,17,23H,6-13H2,1-3H3. The number of nitrogens with zero attached hydrogens (tertiary/aromatic N) is 2. The van der Waals surface area contributed by atoms with Crippen LogP contribution in [-0.2, 0) is 4.74 Å². The number of aromatic nitrogens is 1. The smallest absolute Gasteiger partial charge is 0.410 e. The number of piperidine rings is 2. The van der Waals surface area contributed by atoms with Crippen molar-refractivity contribution in [2.75, 3.05) is 26.2 Å². The lowest BCUT2D eigenvalue weighted by molar-refractivity contribution is 0.0205. The van der Waals surface area contributed by atoms with E-state index < -0.39 is 5.60 Å². The molecule has 0 spiro atoms. The molecule has 1 aromatic carbocycles. The molecule has 3 heterocycles. The van der Waals surface area contributed by atoms with Crippen LogP contribution >= 0.6 is 11.3 Å². The first-order valence-corrected chi connectivity index (χ1v) is 11.4. The molecule has 158 valence electrons. The highest BCUT2D eigenvalue weighted by atomic mass is 32.1. The third-order valence-corrected chi connectivity index (χ3v) is 6.47. The number of likely N-dealkylation sites (tertiary alicyclic amines) is 1. The van der Waals surface area contributed by atoms with Crippen LogP contribution < -0.4 is 10.1 Å². The molecule has 2 aliphatic heterocycles. The first-order chi connectivity index (χ1) is 13.9. The fraction of sp³-hybridized carbons (Fsp3) is 0.636. The summed E-state index contributed by atoms with van der Waals surface area (Å²) in [5, 5.41) is 4.14. The summed E-state index contributed by atoms with van der Waals surface area (Å²) in [5.41, 5.74) is 1.89. The quantitative estimate of drug-likeness (QED) is 0.794. The van der Waals surface area contributed by atoms with Crippen molar-refractivity contribution in [3.05, 3.63) is 23.8 Å². The van der Waals surface area contributed by atoms with E-state index in [0.717, 1.165) is 62.6 Å². The summed E-state index contributed by atoms with van der Waals surface area (Å²) < 4.78 is 12.8. The van der Waals surface area contributed by atoms with E-state index in [4.69, 9.17) is 9.47 Å². The summed E-state index contributed by atoms with van der Waals surface area (Å²) in [6.07, 6.45) is 4.07. The monoisotopic (exact) mass is 417 g/mol. The lowest BCUT2D eigenvalue weighted by Crippen LogP contribution is -2.41. The number of nitrogens with one attached hydrogen (secondary N) is 1. The van der Waals surface area contributed by atoms with Gasteiger partial charge < -0.3 is 19.7 Å². The molecule has 0 saturated carbocycles. The summed E-state index contributed by atoms with van der Waals surface area (Å²) in [6.45, 7) is 9.24. The van der Waals surface area contributed by atoms with Gasteiger partial charge in [0.2, 0.25) is 0 Å². The average molecular weight is 418 g/mol. The molecule has 4 rings (SSSR count). The van der Waals surface area contributed by atoms with Crippen LogP contribution in [0.15, 0.2) is 18.2 Å². The van der Waals surface area contributed by atoms with Gasteiger partial charge in [-0.3, -0.25) is 0 Å². The fourth-order valence-corrected chi connectivity index (χ4v) is 4.93. The predicted molar refractivity (Wildman–Crippen MR) is 116 cm³/mol. The Morgan fingerprint density at radius 1 is 1.17 bits per heavy atom. The topological polar surface area (TPSA) is 63.7 Å². The van der Waals surface area contributed by atoms with E-state index >= 15 is 0 Å². The second-order valence-electron chi connectivity index (χ2n) is 9.02. The van der Waals surface area contributed by atoms with E-state index in [0.29, 0.717) is 5.92 Å². The number of ether oxygens (including phenoxy) is 2. The second kappa shape index (κ2) is 8.48. The maximum Gasteiger partial charge on any atom is 0.410 e. The van der Waals surface area contributed by atoms with Gasteiger partial charge in [-0.1, -0.05) is 17.4 Å². The van der Waals surface area contributed by atoms with Gasteiger partial charge in [-0.15, -0.1) is 0 Å². The predicted octanol–water partition coefficient (Wildman–Crippen LogP) is 4.54. The zero-order valence-corrected chi connectivity index (χ0v) is 18.4. The van der Waals surface area contributed by atoms with Gasteiger partial charge in [-0.05, 0) is 83.2 Å². The summed E-state index contributed by atoms with van der Waals surface area (Å²) in [4.78, 5) is 18.8.